The summed E-state index contributed by atoms with van der Waals surface area (Å²) in [6.45, 7) is 1.73. The van der Waals surface area contributed by atoms with E-state index >= 15 is 0 Å². The number of carbonyl (C=O) groups excluding carboxylic acids is 1. The van der Waals surface area contributed by atoms with Crippen molar-refractivity contribution in [2.75, 3.05) is 21.3 Å². The highest BCUT2D eigenvalue weighted by atomic mass is 35.5. The molecule has 1 aliphatic heterocycles. The summed E-state index contributed by atoms with van der Waals surface area (Å²) in [7, 11) is 4.54. The fourth-order valence-corrected chi connectivity index (χ4v) is 3.97. The van der Waals surface area contributed by atoms with Crippen LogP contribution < -0.4 is 9.47 Å². The lowest BCUT2D eigenvalue weighted by Crippen LogP contribution is -2.27. The van der Waals surface area contributed by atoms with E-state index in [4.69, 9.17) is 35.0 Å². The second-order valence-electron chi connectivity index (χ2n) is 7.37. The summed E-state index contributed by atoms with van der Waals surface area (Å²) >= 11 is 6.31. The summed E-state index contributed by atoms with van der Waals surface area (Å²) in [5, 5.41) is 8.23. The maximum Gasteiger partial charge on any atom is 0.247 e. The Kier molecular flexibility index (Phi) is 6.67. The summed E-state index contributed by atoms with van der Waals surface area (Å²) in [4.78, 5) is 13.2. The van der Waals surface area contributed by atoms with Crippen LogP contribution >= 0.6 is 11.6 Å². The molecule has 4 rings (SSSR count). The van der Waals surface area contributed by atoms with Gasteiger partial charge in [-0.3, -0.25) is 4.79 Å². The van der Waals surface area contributed by atoms with Gasteiger partial charge in [-0.25, -0.2) is 0 Å². The van der Waals surface area contributed by atoms with Crippen LogP contribution in [0.2, 0.25) is 5.02 Å². The first kappa shape index (κ1) is 22.8. The van der Waals surface area contributed by atoms with Gasteiger partial charge in [0.2, 0.25) is 17.6 Å². The zero-order valence-electron chi connectivity index (χ0n) is 18.6. The number of hydrogen-bond acceptors (Lipinski definition) is 8. The normalized spacial score (nSPS) is 16.2. The zero-order chi connectivity index (χ0) is 23.5. The molecule has 0 N–H and O–H groups in total. The summed E-state index contributed by atoms with van der Waals surface area (Å²) < 4.78 is 27.6. The molecule has 3 aromatic rings. The highest BCUT2D eigenvalue weighted by molar-refractivity contribution is 6.32. The molecule has 9 heteroatoms. The Morgan fingerprint density at radius 2 is 1.85 bits per heavy atom. The first-order chi connectivity index (χ1) is 15.9. The van der Waals surface area contributed by atoms with Crippen LogP contribution in [0.4, 0.5) is 0 Å². The Bertz CT molecular complexity index is 1190. The number of rotatable bonds is 8. The molecule has 2 unspecified atom stereocenters. The van der Waals surface area contributed by atoms with Crippen molar-refractivity contribution in [1.82, 2.24) is 10.2 Å². The lowest BCUT2D eigenvalue weighted by molar-refractivity contribution is -0.136. The molecule has 0 aliphatic carbocycles. The fourth-order valence-electron chi connectivity index (χ4n) is 3.68. The number of hydrogen-bond donors (Lipinski definition) is 0. The number of aromatic nitrogens is 2. The molecule has 8 nitrogen and oxygen atoms in total. The number of benzene rings is 2. The van der Waals surface area contributed by atoms with Gasteiger partial charge in [0, 0.05) is 31.6 Å². The Balaban J connectivity index is 1.49. The minimum atomic E-state index is -0.782. The number of methoxy groups -OCH3 is 3. The molecule has 1 aliphatic rings. The van der Waals surface area contributed by atoms with E-state index in [1.807, 2.05) is 18.2 Å². The number of nitrogens with zero attached hydrogens (tertiary/aromatic N) is 2. The minimum Gasteiger partial charge on any atom is -0.493 e. The van der Waals surface area contributed by atoms with E-state index in [0.717, 1.165) is 5.56 Å². The monoisotopic (exact) mass is 470 g/mol. The van der Waals surface area contributed by atoms with Crippen LogP contribution in [0.15, 0.2) is 46.9 Å². The quantitative estimate of drug-likeness (QED) is 0.463. The van der Waals surface area contributed by atoms with E-state index in [-0.39, 0.29) is 5.78 Å². The SMILES string of the molecule is COc1cc(C2=CCC(C(=O)C(OC)c3ccc(-c4nnc(C)o4)cc3)O2)cc(Cl)c1OC. The molecule has 0 saturated carbocycles. The number of Topliss-reactive ketones (excluding diaryl/α,β-unsaturated/α-hetero) is 1. The van der Waals surface area contributed by atoms with Gasteiger partial charge in [-0.1, -0.05) is 23.7 Å². The van der Waals surface area contributed by atoms with Gasteiger partial charge in [0.1, 0.15) is 11.9 Å². The summed E-state index contributed by atoms with van der Waals surface area (Å²) in [5.41, 5.74) is 2.16. The molecular formula is C24H23ClN2O6. The first-order valence-electron chi connectivity index (χ1n) is 10.2. The van der Waals surface area contributed by atoms with E-state index in [2.05, 4.69) is 10.2 Å². The van der Waals surface area contributed by atoms with Crippen LogP contribution in [-0.2, 0) is 14.3 Å². The average molecular weight is 471 g/mol. The van der Waals surface area contributed by atoms with Crippen molar-refractivity contribution in [2.24, 2.45) is 0 Å². The smallest absolute Gasteiger partial charge is 0.247 e. The third-order valence-corrected chi connectivity index (χ3v) is 5.58. The maximum atomic E-state index is 13.2. The molecule has 0 radical (unpaired) electrons. The first-order valence-corrected chi connectivity index (χ1v) is 10.6. The number of ether oxygens (including phenoxy) is 4. The van der Waals surface area contributed by atoms with Crippen molar-refractivity contribution in [2.45, 2.75) is 25.6 Å². The molecular weight excluding hydrogens is 448 g/mol. The Morgan fingerprint density at radius 3 is 2.45 bits per heavy atom. The summed E-state index contributed by atoms with van der Waals surface area (Å²) in [6.07, 6.45) is 0.804. The van der Waals surface area contributed by atoms with E-state index in [1.54, 1.807) is 31.2 Å². The lowest BCUT2D eigenvalue weighted by Gasteiger charge is -2.20. The van der Waals surface area contributed by atoms with E-state index in [0.29, 0.717) is 51.6 Å². The highest BCUT2D eigenvalue weighted by Gasteiger charge is 2.33. The third-order valence-electron chi connectivity index (χ3n) is 5.30. The van der Waals surface area contributed by atoms with Gasteiger partial charge >= 0.3 is 0 Å². The van der Waals surface area contributed by atoms with Crippen molar-refractivity contribution >= 4 is 23.1 Å². The maximum absolute atomic E-state index is 13.2. The number of aryl methyl sites for hydroxylation is 1. The standard InChI is InChI=1S/C24H23ClN2O6/c1-13-26-27-24(32-13)15-7-5-14(6-8-15)22(30-3)21(28)19-10-9-18(33-19)16-11-17(25)23(31-4)20(12-16)29-2/h5-9,11-12,19,22H,10H2,1-4H3. The van der Waals surface area contributed by atoms with Gasteiger partial charge in [0.25, 0.3) is 0 Å². The largest absolute Gasteiger partial charge is 0.493 e. The van der Waals surface area contributed by atoms with Gasteiger partial charge in [-0.15, -0.1) is 10.2 Å². The molecule has 172 valence electrons. The predicted molar refractivity (Wildman–Crippen MR) is 121 cm³/mol. The molecule has 2 heterocycles. The molecule has 0 amide bonds. The molecule has 2 atom stereocenters. The Labute approximate surface area is 196 Å². The molecule has 0 saturated heterocycles. The lowest BCUT2D eigenvalue weighted by atomic mass is 9.99. The second kappa shape index (κ2) is 9.64. The molecule has 2 aromatic carbocycles. The molecule has 0 bridgehead atoms. The molecule has 0 fully saturated rings. The average Bonchev–Trinajstić information content (AvgIpc) is 3.49. The van der Waals surface area contributed by atoms with Gasteiger partial charge < -0.3 is 23.4 Å². The van der Waals surface area contributed by atoms with E-state index in [9.17, 15) is 4.79 Å². The van der Waals surface area contributed by atoms with Crippen LogP contribution in [0, 0.1) is 6.92 Å². The van der Waals surface area contributed by atoms with Crippen LogP contribution in [0.5, 0.6) is 11.5 Å². The van der Waals surface area contributed by atoms with Gasteiger partial charge in [-0.05, 0) is 35.9 Å². The predicted octanol–water partition coefficient (Wildman–Crippen LogP) is 4.80. The zero-order valence-corrected chi connectivity index (χ0v) is 19.4. The number of carbonyl (C=O) groups is 1. The third kappa shape index (κ3) is 4.58. The van der Waals surface area contributed by atoms with Crippen LogP contribution in [0.25, 0.3) is 17.2 Å². The molecule has 33 heavy (non-hydrogen) atoms. The van der Waals surface area contributed by atoms with Crippen LogP contribution in [0.1, 0.15) is 29.5 Å². The number of ketones is 1. The van der Waals surface area contributed by atoms with Gasteiger partial charge in [0.05, 0.1) is 19.2 Å². The topological polar surface area (TPSA) is 92.9 Å². The van der Waals surface area contributed by atoms with E-state index < -0.39 is 12.2 Å². The summed E-state index contributed by atoms with van der Waals surface area (Å²) in [6, 6.07) is 10.7. The van der Waals surface area contributed by atoms with E-state index in [1.165, 1.54) is 21.3 Å². The minimum absolute atomic E-state index is 0.184. The molecule has 0 spiro atoms. The molecule has 1 aromatic heterocycles. The van der Waals surface area contributed by atoms with Crippen molar-refractivity contribution in [3.05, 3.63) is 64.5 Å². The highest BCUT2D eigenvalue weighted by Crippen LogP contribution is 2.40. The van der Waals surface area contributed by atoms with Crippen molar-refractivity contribution in [1.29, 1.82) is 0 Å². The van der Waals surface area contributed by atoms with Crippen molar-refractivity contribution in [3.8, 4) is 23.0 Å². The van der Waals surface area contributed by atoms with Crippen molar-refractivity contribution in [3.63, 3.8) is 0 Å². The van der Waals surface area contributed by atoms with Crippen molar-refractivity contribution < 1.29 is 28.2 Å². The number of halogens is 1. The fraction of sp³-hybridized carbons (Fsp3) is 0.292. The summed E-state index contributed by atoms with van der Waals surface area (Å²) in [5.74, 6) is 2.18. The van der Waals surface area contributed by atoms with Gasteiger partial charge in [-0.2, -0.15) is 0 Å². The Morgan fingerprint density at radius 1 is 1.09 bits per heavy atom. The Hall–Kier alpha value is -3.36. The second-order valence-corrected chi connectivity index (χ2v) is 7.78. The van der Waals surface area contributed by atoms with Crippen LogP contribution in [0.3, 0.4) is 0 Å². The van der Waals surface area contributed by atoms with Gasteiger partial charge in [0.15, 0.2) is 17.6 Å². The van der Waals surface area contributed by atoms with Crippen LogP contribution in [-0.4, -0.2) is 43.4 Å².